The molecular weight excluding hydrogens is 481 g/mol. The van der Waals surface area contributed by atoms with Gasteiger partial charge in [-0.25, -0.2) is 0 Å². The summed E-state index contributed by atoms with van der Waals surface area (Å²) in [6.45, 7) is 5.09. The van der Waals surface area contributed by atoms with E-state index in [4.69, 9.17) is 33.9 Å². The van der Waals surface area contributed by atoms with Crippen LogP contribution in [0.4, 0.5) is 0 Å². The first-order valence-electron chi connectivity index (χ1n) is 9.98. The molecule has 162 valence electrons. The molecule has 2 nitrogen and oxygen atoms in total. The van der Waals surface area contributed by atoms with Crippen molar-refractivity contribution in [3.8, 4) is 22.3 Å². The fourth-order valence-corrected chi connectivity index (χ4v) is 6.67. The molecule has 1 heterocycles. The highest BCUT2D eigenvalue weighted by molar-refractivity contribution is 8.22. The van der Waals surface area contributed by atoms with Crippen molar-refractivity contribution in [1.29, 1.82) is 0 Å². The molecule has 3 rings (SSSR count). The minimum atomic E-state index is 0.588. The van der Waals surface area contributed by atoms with Crippen LogP contribution in [-0.4, -0.2) is 22.0 Å². The monoisotopic (exact) mass is 504 g/mol. The molecule has 0 unspecified atom stereocenters. The molecular formula is C24H24O2S5. The van der Waals surface area contributed by atoms with Crippen molar-refractivity contribution in [2.24, 2.45) is 0 Å². The molecule has 0 spiro atoms. The summed E-state index contributed by atoms with van der Waals surface area (Å²) in [6, 6.07) is 21.1. The summed E-state index contributed by atoms with van der Waals surface area (Å²) < 4.78 is 12.2. The Morgan fingerprint density at radius 3 is 1.45 bits per heavy atom. The Morgan fingerprint density at radius 2 is 1.10 bits per heavy atom. The summed E-state index contributed by atoms with van der Waals surface area (Å²) in [4.78, 5) is 2.57. The van der Waals surface area contributed by atoms with Gasteiger partial charge in [0, 0.05) is 32.4 Å². The molecule has 0 saturated heterocycles. The third kappa shape index (κ3) is 6.80. The van der Waals surface area contributed by atoms with E-state index in [1.165, 1.54) is 32.0 Å². The van der Waals surface area contributed by atoms with Crippen LogP contribution in [0.15, 0.2) is 60.7 Å². The largest absolute Gasteiger partial charge is 0.479 e. The Hall–Kier alpha value is -1.38. The van der Waals surface area contributed by atoms with Gasteiger partial charge in [0.1, 0.15) is 0 Å². The van der Waals surface area contributed by atoms with Crippen molar-refractivity contribution in [2.75, 3.05) is 13.2 Å². The predicted octanol–water partition coefficient (Wildman–Crippen LogP) is 8.19. The van der Waals surface area contributed by atoms with E-state index in [2.05, 4.69) is 48.5 Å². The van der Waals surface area contributed by atoms with Crippen LogP contribution in [0, 0.1) is 0 Å². The van der Waals surface area contributed by atoms with E-state index in [0.717, 1.165) is 11.5 Å². The Kier molecular flexibility index (Phi) is 9.87. The highest BCUT2D eigenvalue weighted by atomic mass is 32.2. The molecule has 0 radical (unpaired) electrons. The van der Waals surface area contributed by atoms with Gasteiger partial charge in [0.05, 0.1) is 13.2 Å². The second kappa shape index (κ2) is 12.6. The van der Waals surface area contributed by atoms with Crippen LogP contribution in [0.3, 0.4) is 0 Å². The maximum atomic E-state index is 5.50. The molecule has 2 aromatic carbocycles. The van der Waals surface area contributed by atoms with E-state index in [1.54, 1.807) is 23.5 Å². The van der Waals surface area contributed by atoms with E-state index >= 15 is 0 Å². The Bertz CT molecular complexity index is 920. The predicted molar refractivity (Wildman–Crippen MR) is 146 cm³/mol. The van der Waals surface area contributed by atoms with Crippen LogP contribution >= 0.6 is 59.3 Å². The smallest absolute Gasteiger partial charge is 0.220 e. The molecule has 0 fully saturated rings. The van der Waals surface area contributed by atoms with Crippen LogP contribution in [0.25, 0.3) is 22.3 Å². The third-order valence-electron chi connectivity index (χ3n) is 4.35. The SMILES string of the molecule is CCOC(=S)SCc1sc(CSC(=S)OCC)c(-c2ccccc2)c1-c1ccccc1. The van der Waals surface area contributed by atoms with Gasteiger partial charge in [-0.3, -0.25) is 0 Å². The summed E-state index contributed by atoms with van der Waals surface area (Å²) in [5.74, 6) is 1.54. The molecule has 0 bridgehead atoms. The average Bonchev–Trinajstić information content (AvgIpc) is 3.16. The number of hydrogen-bond donors (Lipinski definition) is 0. The van der Waals surface area contributed by atoms with E-state index in [-0.39, 0.29) is 0 Å². The topological polar surface area (TPSA) is 18.5 Å². The van der Waals surface area contributed by atoms with Gasteiger partial charge >= 0.3 is 0 Å². The fourth-order valence-electron chi connectivity index (χ4n) is 3.12. The molecule has 0 aliphatic heterocycles. The minimum Gasteiger partial charge on any atom is -0.479 e. The van der Waals surface area contributed by atoms with E-state index < -0.39 is 0 Å². The number of thiocarbonyl (C=S) groups is 2. The average molecular weight is 505 g/mol. The van der Waals surface area contributed by atoms with Crippen LogP contribution in [0.2, 0.25) is 0 Å². The van der Waals surface area contributed by atoms with E-state index in [1.807, 2.05) is 37.3 Å². The second-order valence-corrected chi connectivity index (χ2v) is 10.7. The van der Waals surface area contributed by atoms with Crippen LogP contribution in [-0.2, 0) is 21.0 Å². The maximum absolute atomic E-state index is 5.50. The summed E-state index contributed by atoms with van der Waals surface area (Å²) >= 11 is 15.7. The van der Waals surface area contributed by atoms with Crippen molar-refractivity contribution in [3.63, 3.8) is 0 Å². The zero-order valence-corrected chi connectivity index (χ0v) is 21.5. The van der Waals surface area contributed by atoms with E-state index in [9.17, 15) is 0 Å². The Balaban J connectivity index is 2.06. The zero-order chi connectivity index (χ0) is 22.1. The summed E-state index contributed by atoms with van der Waals surface area (Å²) in [7, 11) is 0. The summed E-state index contributed by atoms with van der Waals surface area (Å²) in [5.41, 5.74) is 4.95. The van der Waals surface area contributed by atoms with Crippen LogP contribution in [0.1, 0.15) is 23.6 Å². The zero-order valence-electron chi connectivity index (χ0n) is 17.5. The van der Waals surface area contributed by atoms with Crippen LogP contribution < -0.4 is 0 Å². The normalized spacial score (nSPS) is 10.6. The number of thioether (sulfide) groups is 2. The highest BCUT2D eigenvalue weighted by Crippen LogP contribution is 2.46. The van der Waals surface area contributed by atoms with Crippen molar-refractivity contribution in [3.05, 3.63) is 70.4 Å². The van der Waals surface area contributed by atoms with Gasteiger partial charge in [0.25, 0.3) is 0 Å². The lowest BCUT2D eigenvalue weighted by Crippen LogP contribution is -1.96. The molecule has 0 amide bonds. The lowest BCUT2D eigenvalue weighted by atomic mass is 9.95. The number of ether oxygens (including phenoxy) is 2. The van der Waals surface area contributed by atoms with Gasteiger partial charge in [-0.15, -0.1) is 11.3 Å². The fraction of sp³-hybridized carbons (Fsp3) is 0.250. The van der Waals surface area contributed by atoms with E-state index in [0.29, 0.717) is 22.0 Å². The molecule has 7 heteroatoms. The first-order valence-corrected chi connectivity index (χ1v) is 13.6. The van der Waals surface area contributed by atoms with Crippen molar-refractivity contribution in [1.82, 2.24) is 0 Å². The van der Waals surface area contributed by atoms with Gasteiger partial charge in [-0.1, -0.05) is 84.2 Å². The van der Waals surface area contributed by atoms with Crippen LogP contribution in [0.5, 0.6) is 0 Å². The summed E-state index contributed by atoms with van der Waals surface area (Å²) in [6.07, 6.45) is 0. The van der Waals surface area contributed by atoms with Gasteiger partial charge in [0.2, 0.25) is 8.77 Å². The molecule has 3 aromatic rings. The van der Waals surface area contributed by atoms with Crippen molar-refractivity contribution >= 4 is 68.1 Å². The molecule has 0 aliphatic carbocycles. The van der Waals surface area contributed by atoms with Gasteiger partial charge in [0.15, 0.2) is 0 Å². The third-order valence-corrected chi connectivity index (χ3v) is 8.42. The van der Waals surface area contributed by atoms with Crippen molar-refractivity contribution in [2.45, 2.75) is 25.4 Å². The summed E-state index contributed by atoms with van der Waals surface area (Å²) in [5, 5.41) is 0. The molecule has 31 heavy (non-hydrogen) atoms. The van der Waals surface area contributed by atoms with Gasteiger partial charge in [-0.05, 0) is 49.4 Å². The Morgan fingerprint density at radius 1 is 0.710 bits per heavy atom. The lowest BCUT2D eigenvalue weighted by molar-refractivity contribution is 0.346. The highest BCUT2D eigenvalue weighted by Gasteiger charge is 2.22. The minimum absolute atomic E-state index is 0.588. The number of benzene rings is 2. The van der Waals surface area contributed by atoms with Gasteiger partial charge < -0.3 is 9.47 Å². The number of thiophene rings is 1. The molecule has 0 atom stereocenters. The van der Waals surface area contributed by atoms with Gasteiger partial charge in [-0.2, -0.15) is 0 Å². The second-order valence-electron chi connectivity index (χ2n) is 6.37. The number of hydrogen-bond acceptors (Lipinski definition) is 7. The number of rotatable bonds is 8. The Labute approximate surface area is 207 Å². The standard InChI is InChI=1S/C24H24O2S5/c1-3-25-23(27)29-15-19-21(17-11-7-5-8-12-17)22(18-13-9-6-10-14-18)20(31-19)16-30-24(28)26-4-2/h5-14H,3-4,15-16H2,1-2H3. The first-order chi connectivity index (χ1) is 15.1. The molecule has 0 aliphatic rings. The molecule has 0 N–H and O–H groups in total. The lowest BCUT2D eigenvalue weighted by Gasteiger charge is -2.11. The maximum Gasteiger partial charge on any atom is 0.220 e. The molecule has 1 aromatic heterocycles. The molecule has 0 saturated carbocycles. The first kappa shape index (κ1) is 24.3. The quantitative estimate of drug-likeness (QED) is 0.286. The van der Waals surface area contributed by atoms with Crippen molar-refractivity contribution < 1.29 is 9.47 Å².